The Morgan fingerprint density at radius 3 is 2.57 bits per heavy atom. The van der Waals surface area contributed by atoms with Crippen LogP contribution < -0.4 is 5.43 Å². The SMILES string of the molecule is CN/N=C\c1c(F)c(F)cc(Br)c1F. The second-order valence-electron chi connectivity index (χ2n) is 2.36. The number of hydrogen-bond acceptors (Lipinski definition) is 2. The lowest BCUT2D eigenvalue weighted by Crippen LogP contribution is -2.02. The van der Waals surface area contributed by atoms with E-state index in [-0.39, 0.29) is 4.47 Å². The molecule has 0 saturated heterocycles. The van der Waals surface area contributed by atoms with Crippen molar-refractivity contribution in [3.8, 4) is 0 Å². The van der Waals surface area contributed by atoms with Crippen LogP contribution >= 0.6 is 15.9 Å². The third-order valence-electron chi connectivity index (χ3n) is 1.47. The topological polar surface area (TPSA) is 24.4 Å². The Labute approximate surface area is 86.9 Å². The summed E-state index contributed by atoms with van der Waals surface area (Å²) in [5, 5.41) is 3.40. The van der Waals surface area contributed by atoms with Crippen molar-refractivity contribution in [2.24, 2.45) is 5.10 Å². The normalized spacial score (nSPS) is 10.9. The standard InChI is InChI=1S/C8H6BrF3N2/c1-13-14-3-4-7(11)5(9)2-6(10)8(4)12/h2-3,13H,1H3/b14-3-. The molecule has 0 heterocycles. The van der Waals surface area contributed by atoms with Gasteiger partial charge in [-0.05, 0) is 22.0 Å². The zero-order chi connectivity index (χ0) is 10.7. The number of halogens is 4. The summed E-state index contributed by atoms with van der Waals surface area (Å²) in [6.45, 7) is 0. The molecule has 0 fully saturated rings. The highest BCUT2D eigenvalue weighted by Crippen LogP contribution is 2.22. The molecule has 0 bridgehead atoms. The first kappa shape index (κ1) is 11.0. The van der Waals surface area contributed by atoms with Crippen LogP contribution in [0.1, 0.15) is 5.56 Å². The molecule has 0 radical (unpaired) electrons. The third kappa shape index (κ3) is 2.06. The molecule has 1 rings (SSSR count). The van der Waals surface area contributed by atoms with E-state index in [4.69, 9.17) is 0 Å². The molecule has 0 atom stereocenters. The Kier molecular flexibility index (Phi) is 3.51. The number of hydrogen-bond donors (Lipinski definition) is 1. The summed E-state index contributed by atoms with van der Waals surface area (Å²) in [6.07, 6.45) is 0.874. The van der Waals surface area contributed by atoms with Crippen molar-refractivity contribution in [3.63, 3.8) is 0 Å². The van der Waals surface area contributed by atoms with Gasteiger partial charge in [0.1, 0.15) is 5.82 Å². The highest BCUT2D eigenvalue weighted by atomic mass is 79.9. The summed E-state index contributed by atoms with van der Waals surface area (Å²) < 4.78 is 38.9. The molecule has 0 spiro atoms. The van der Waals surface area contributed by atoms with Gasteiger partial charge < -0.3 is 5.43 Å². The Balaban J connectivity index is 3.32. The van der Waals surface area contributed by atoms with E-state index in [1.165, 1.54) is 7.05 Å². The smallest absolute Gasteiger partial charge is 0.170 e. The minimum absolute atomic E-state index is 0.144. The molecule has 76 valence electrons. The molecule has 1 aromatic carbocycles. The monoisotopic (exact) mass is 266 g/mol. The van der Waals surface area contributed by atoms with E-state index in [1.54, 1.807) is 0 Å². The average molecular weight is 267 g/mol. The van der Waals surface area contributed by atoms with E-state index < -0.39 is 23.0 Å². The highest BCUT2D eigenvalue weighted by Gasteiger charge is 2.15. The number of benzene rings is 1. The van der Waals surface area contributed by atoms with Crippen LogP contribution in [0.5, 0.6) is 0 Å². The highest BCUT2D eigenvalue weighted by molar-refractivity contribution is 9.10. The first-order chi connectivity index (χ1) is 6.57. The third-order valence-corrected chi connectivity index (χ3v) is 2.05. The van der Waals surface area contributed by atoms with Gasteiger partial charge in [-0.1, -0.05) is 0 Å². The lowest BCUT2D eigenvalue weighted by molar-refractivity contribution is 0.491. The van der Waals surface area contributed by atoms with Crippen LogP contribution in [0.2, 0.25) is 0 Å². The van der Waals surface area contributed by atoms with Crippen molar-refractivity contribution in [3.05, 3.63) is 33.6 Å². The summed E-state index contributed by atoms with van der Waals surface area (Å²) >= 11 is 2.76. The maximum absolute atomic E-state index is 13.2. The predicted molar refractivity (Wildman–Crippen MR) is 50.7 cm³/mol. The maximum Gasteiger partial charge on any atom is 0.170 e. The molecule has 1 aromatic rings. The van der Waals surface area contributed by atoms with Gasteiger partial charge in [-0.2, -0.15) is 5.10 Å². The molecule has 0 unspecified atom stereocenters. The zero-order valence-corrected chi connectivity index (χ0v) is 8.70. The van der Waals surface area contributed by atoms with Gasteiger partial charge in [0.05, 0.1) is 16.3 Å². The number of rotatable bonds is 2. The minimum atomic E-state index is -1.26. The van der Waals surface area contributed by atoms with Gasteiger partial charge in [-0.15, -0.1) is 0 Å². The van der Waals surface area contributed by atoms with Crippen molar-refractivity contribution in [1.29, 1.82) is 0 Å². The van der Waals surface area contributed by atoms with E-state index in [0.717, 1.165) is 12.3 Å². The van der Waals surface area contributed by atoms with Gasteiger partial charge >= 0.3 is 0 Å². The van der Waals surface area contributed by atoms with Gasteiger partial charge in [0.15, 0.2) is 11.6 Å². The second-order valence-corrected chi connectivity index (χ2v) is 3.22. The number of nitrogens with one attached hydrogen (secondary N) is 1. The first-order valence-corrected chi connectivity index (χ1v) is 4.40. The Morgan fingerprint density at radius 2 is 2.00 bits per heavy atom. The summed E-state index contributed by atoms with van der Waals surface area (Å²) in [7, 11) is 1.46. The molecule has 1 N–H and O–H groups in total. The molecule has 0 aliphatic heterocycles. The van der Waals surface area contributed by atoms with E-state index >= 15 is 0 Å². The molecule has 14 heavy (non-hydrogen) atoms. The lowest BCUT2D eigenvalue weighted by Gasteiger charge is -2.02. The fourth-order valence-corrected chi connectivity index (χ4v) is 1.25. The van der Waals surface area contributed by atoms with E-state index in [2.05, 4.69) is 26.5 Å². The Bertz CT molecular complexity index is 353. The fraction of sp³-hybridized carbons (Fsp3) is 0.125. The van der Waals surface area contributed by atoms with Gasteiger partial charge in [-0.25, -0.2) is 13.2 Å². The molecule has 0 aliphatic carbocycles. The van der Waals surface area contributed by atoms with E-state index in [1.807, 2.05) is 0 Å². The molecule has 0 amide bonds. The second kappa shape index (κ2) is 4.45. The molecule has 2 nitrogen and oxygen atoms in total. The number of hydrazone groups is 1. The van der Waals surface area contributed by atoms with E-state index in [9.17, 15) is 13.2 Å². The molecular weight excluding hydrogens is 261 g/mol. The lowest BCUT2D eigenvalue weighted by atomic mass is 10.2. The van der Waals surface area contributed by atoms with Gasteiger partial charge in [0.2, 0.25) is 0 Å². The van der Waals surface area contributed by atoms with Gasteiger partial charge in [0.25, 0.3) is 0 Å². The van der Waals surface area contributed by atoms with Crippen LogP contribution in [0, 0.1) is 17.5 Å². The summed E-state index contributed by atoms with van der Waals surface area (Å²) in [4.78, 5) is 0. The van der Waals surface area contributed by atoms with Crippen molar-refractivity contribution >= 4 is 22.1 Å². The van der Waals surface area contributed by atoms with Gasteiger partial charge in [0, 0.05) is 7.05 Å². The molecule has 0 aliphatic rings. The molecule has 6 heteroatoms. The van der Waals surface area contributed by atoms with Crippen LogP contribution in [0.4, 0.5) is 13.2 Å². The summed E-state index contributed by atoms with van der Waals surface area (Å²) in [5.74, 6) is -3.27. The van der Waals surface area contributed by atoms with E-state index in [0.29, 0.717) is 0 Å². The number of nitrogens with zero attached hydrogens (tertiary/aromatic N) is 1. The largest absolute Gasteiger partial charge is 0.313 e. The van der Waals surface area contributed by atoms with Crippen molar-refractivity contribution < 1.29 is 13.2 Å². The quantitative estimate of drug-likeness (QED) is 0.496. The first-order valence-electron chi connectivity index (χ1n) is 3.60. The minimum Gasteiger partial charge on any atom is -0.313 e. The average Bonchev–Trinajstić information content (AvgIpc) is 2.15. The fourth-order valence-electron chi connectivity index (χ4n) is 0.834. The predicted octanol–water partition coefficient (Wildman–Crippen LogP) is 2.42. The molecular formula is C8H6BrF3N2. The van der Waals surface area contributed by atoms with Crippen LogP contribution in [0.15, 0.2) is 15.6 Å². The van der Waals surface area contributed by atoms with Crippen molar-refractivity contribution in [2.45, 2.75) is 0 Å². The Hall–Kier alpha value is -1.04. The van der Waals surface area contributed by atoms with Crippen LogP contribution in [0.3, 0.4) is 0 Å². The van der Waals surface area contributed by atoms with Gasteiger partial charge in [-0.3, -0.25) is 0 Å². The molecule has 0 aromatic heterocycles. The van der Waals surface area contributed by atoms with Crippen LogP contribution in [0.25, 0.3) is 0 Å². The Morgan fingerprint density at radius 1 is 1.36 bits per heavy atom. The summed E-state index contributed by atoms with van der Waals surface area (Å²) in [5.41, 5.74) is 1.79. The van der Waals surface area contributed by atoms with Crippen LogP contribution in [-0.2, 0) is 0 Å². The zero-order valence-electron chi connectivity index (χ0n) is 7.11. The maximum atomic E-state index is 13.2. The van der Waals surface area contributed by atoms with Crippen LogP contribution in [-0.4, -0.2) is 13.3 Å². The van der Waals surface area contributed by atoms with Crippen molar-refractivity contribution in [2.75, 3.05) is 7.05 Å². The summed E-state index contributed by atoms with van der Waals surface area (Å²) in [6, 6.07) is 0.724. The van der Waals surface area contributed by atoms with Crippen molar-refractivity contribution in [1.82, 2.24) is 5.43 Å². The molecule has 0 saturated carbocycles.